The van der Waals surface area contributed by atoms with Gasteiger partial charge in [-0.1, -0.05) is 66.5 Å². The molecule has 17 heteroatoms. The third kappa shape index (κ3) is 16.5. The van der Waals surface area contributed by atoms with Crippen molar-refractivity contribution in [3.05, 3.63) is 45.9 Å². The number of thioether (sulfide) groups is 1. The van der Waals surface area contributed by atoms with E-state index in [1.165, 1.54) is 11.8 Å². The minimum absolute atomic E-state index is 0.0507. The van der Waals surface area contributed by atoms with Crippen molar-refractivity contribution >= 4 is 58.7 Å². The molecule has 3 amide bonds. The highest BCUT2D eigenvalue weighted by Crippen LogP contribution is 2.32. The molecule has 1 aliphatic heterocycles. The van der Waals surface area contributed by atoms with Crippen LogP contribution in [0.25, 0.3) is 0 Å². The summed E-state index contributed by atoms with van der Waals surface area (Å²) in [6.07, 6.45) is 5.49. The van der Waals surface area contributed by atoms with Crippen LogP contribution in [0.3, 0.4) is 0 Å². The maximum absolute atomic E-state index is 14.8. The average Bonchev–Trinajstić information content (AvgIpc) is 3.73. The van der Waals surface area contributed by atoms with Crippen molar-refractivity contribution < 1.29 is 48.1 Å². The summed E-state index contributed by atoms with van der Waals surface area (Å²) in [5, 5.41) is 17.8. The summed E-state index contributed by atoms with van der Waals surface area (Å²) >= 11 is 2.69. The molecule has 1 aromatic heterocycles. The van der Waals surface area contributed by atoms with Crippen molar-refractivity contribution in [3.8, 4) is 5.75 Å². The molecule has 7 atom stereocenters. The van der Waals surface area contributed by atoms with Crippen LogP contribution in [-0.4, -0.2) is 119 Å². The Balaban J connectivity index is 1.94. The van der Waals surface area contributed by atoms with Crippen LogP contribution in [0.2, 0.25) is 0 Å². The number of ether oxygens (including phenoxy) is 3. The zero-order valence-electron chi connectivity index (χ0n) is 38.0. The van der Waals surface area contributed by atoms with E-state index in [-0.39, 0.29) is 73.8 Å². The van der Waals surface area contributed by atoms with Gasteiger partial charge in [0.25, 0.3) is 5.91 Å². The molecule has 1 aromatic carbocycles. The number of esters is 3. The molecule has 0 aliphatic carbocycles. The number of carbonyl (C=O) groups is 6. The van der Waals surface area contributed by atoms with E-state index in [9.17, 15) is 33.9 Å². The predicted octanol–water partition coefficient (Wildman–Crippen LogP) is 6.29. The Labute approximate surface area is 375 Å². The molecule has 346 valence electrons. The van der Waals surface area contributed by atoms with Crippen LogP contribution in [0.1, 0.15) is 127 Å². The number of phenolic OH excluding ortho intramolecular Hbond substituents is 1. The van der Waals surface area contributed by atoms with E-state index in [1.54, 1.807) is 48.3 Å². The Hall–Kier alpha value is -4.22. The van der Waals surface area contributed by atoms with E-state index < -0.39 is 53.9 Å². The number of likely N-dealkylation sites (tertiary alicyclic amines) is 1. The minimum Gasteiger partial charge on any atom is -0.508 e. The number of aromatic hydroxyl groups is 1. The van der Waals surface area contributed by atoms with E-state index in [0.717, 1.165) is 36.3 Å². The lowest BCUT2D eigenvalue weighted by molar-refractivity contribution is -0.160. The summed E-state index contributed by atoms with van der Waals surface area (Å²) in [6, 6.07) is 4.13. The lowest BCUT2D eigenvalue weighted by Gasteiger charge is -2.39. The van der Waals surface area contributed by atoms with E-state index in [2.05, 4.69) is 15.6 Å². The molecule has 0 radical (unpaired) electrons. The van der Waals surface area contributed by atoms with E-state index in [4.69, 9.17) is 14.2 Å². The van der Waals surface area contributed by atoms with E-state index in [0.29, 0.717) is 36.4 Å². The average molecular weight is 904 g/mol. The second-order valence-electron chi connectivity index (χ2n) is 16.6. The third-order valence-corrected chi connectivity index (χ3v) is 12.8. The summed E-state index contributed by atoms with van der Waals surface area (Å²) in [5.41, 5.74) is 0.906. The number of likely N-dealkylation sites (N-methyl/N-ethyl adjacent to an activating group) is 1. The Kier molecular flexibility index (Phi) is 22.2. The Morgan fingerprint density at radius 3 is 2.34 bits per heavy atom. The highest BCUT2D eigenvalue weighted by atomic mass is 32.2. The molecule has 0 spiro atoms. The van der Waals surface area contributed by atoms with Crippen LogP contribution in [-0.2, 0) is 44.6 Å². The van der Waals surface area contributed by atoms with Crippen molar-refractivity contribution in [3.63, 3.8) is 0 Å². The number of aromatic nitrogens is 1. The molecule has 2 aromatic rings. The summed E-state index contributed by atoms with van der Waals surface area (Å²) < 4.78 is 17.0. The number of benzene rings is 1. The van der Waals surface area contributed by atoms with Crippen molar-refractivity contribution in [1.29, 1.82) is 0 Å². The van der Waals surface area contributed by atoms with Gasteiger partial charge in [-0.2, -0.15) is 11.8 Å². The third-order valence-electron chi connectivity index (χ3n) is 11.2. The molecule has 0 bridgehead atoms. The molecule has 1 saturated heterocycles. The van der Waals surface area contributed by atoms with Gasteiger partial charge in [-0.25, -0.2) is 4.98 Å². The molecule has 15 nitrogen and oxygen atoms in total. The van der Waals surface area contributed by atoms with Crippen LogP contribution in [0.5, 0.6) is 5.75 Å². The molecule has 2 heterocycles. The molecule has 62 heavy (non-hydrogen) atoms. The van der Waals surface area contributed by atoms with Crippen LogP contribution in [0, 0.1) is 17.8 Å². The fourth-order valence-electron chi connectivity index (χ4n) is 7.44. The summed E-state index contributed by atoms with van der Waals surface area (Å²) in [6.45, 7) is 13.2. The number of piperidine rings is 1. The topological polar surface area (TPSA) is 194 Å². The van der Waals surface area contributed by atoms with Gasteiger partial charge in [0, 0.05) is 43.0 Å². The van der Waals surface area contributed by atoms with Gasteiger partial charge < -0.3 is 34.9 Å². The molecule has 3 rings (SSSR count). The first-order valence-electron chi connectivity index (χ1n) is 21.8. The van der Waals surface area contributed by atoms with Crippen molar-refractivity contribution in [2.24, 2.45) is 17.8 Å². The van der Waals surface area contributed by atoms with Gasteiger partial charge in [-0.15, -0.1) is 11.3 Å². The highest BCUT2D eigenvalue weighted by Gasteiger charge is 2.39. The predicted molar refractivity (Wildman–Crippen MR) is 240 cm³/mol. The second-order valence-corrected chi connectivity index (χ2v) is 18.5. The normalized spacial score (nSPS) is 17.2. The maximum atomic E-state index is 14.8. The fraction of sp³-hybridized carbons (Fsp3) is 0.667. The SMILES string of the molecule is CCCC(=O)OCN(C(=O)[C@@H](NC(=O)[C@H]1CCCCN1C)C(C)CC)[C@H](C[C@@H](OC(C)=O)c1nc(C(=O)N[C@@H](Cc2ccc(O)cc2)C[C@H](C)C(=O)OCCSC)cs1)C(C)C. The molecule has 1 aliphatic rings. The summed E-state index contributed by atoms with van der Waals surface area (Å²) in [7, 11) is 1.91. The van der Waals surface area contributed by atoms with E-state index >= 15 is 0 Å². The number of carbonyl (C=O) groups excluding carboxylic acids is 6. The number of amides is 3. The molecule has 1 unspecified atom stereocenters. The Morgan fingerprint density at radius 2 is 1.73 bits per heavy atom. The van der Waals surface area contributed by atoms with Crippen molar-refractivity contribution in [2.75, 3.05) is 38.9 Å². The number of nitrogens with zero attached hydrogens (tertiary/aromatic N) is 3. The van der Waals surface area contributed by atoms with Crippen molar-refractivity contribution in [2.45, 2.75) is 137 Å². The first-order valence-corrected chi connectivity index (χ1v) is 24.1. The lowest BCUT2D eigenvalue weighted by Crippen LogP contribution is -2.59. The summed E-state index contributed by atoms with van der Waals surface area (Å²) in [4.78, 5) is 88.7. The quantitative estimate of drug-likeness (QED) is 0.0437. The van der Waals surface area contributed by atoms with Gasteiger partial charge >= 0.3 is 17.9 Å². The van der Waals surface area contributed by atoms with Gasteiger partial charge in [0.2, 0.25) is 11.8 Å². The smallest absolute Gasteiger partial charge is 0.308 e. The molecule has 3 N–H and O–H groups in total. The minimum atomic E-state index is -0.996. The number of nitrogens with one attached hydrogen (secondary N) is 2. The number of hydrogen-bond donors (Lipinski definition) is 3. The standard InChI is InChI=1S/C45H69N5O10S2/c1-10-14-39(53)59-27-50(44(56)40(29(5)11-2)48-42(55)36-15-12-13-20-49(36)8)37(28(3)4)25-38(60-31(7)51)43-47-35(26-62-43)41(54)46-33(24-32-16-18-34(52)19-17-32)23-30(6)45(57)58-21-22-61-9/h16-19,26,28-30,33,36-38,40,52H,10-15,20-25,27H2,1-9H3,(H,46,54)(H,48,55)/t29?,30-,33+,36+,37+,38+,40-/m0/s1. The fourth-order valence-corrected chi connectivity index (χ4v) is 8.53. The molecular formula is C45H69N5O10S2. The van der Waals surface area contributed by atoms with E-state index in [1.807, 2.05) is 52.8 Å². The van der Waals surface area contributed by atoms with Crippen molar-refractivity contribution in [1.82, 2.24) is 25.4 Å². The van der Waals surface area contributed by atoms with Gasteiger partial charge in [0.05, 0.1) is 12.0 Å². The first-order chi connectivity index (χ1) is 29.5. The van der Waals surface area contributed by atoms with Gasteiger partial charge in [-0.05, 0) is 81.5 Å². The maximum Gasteiger partial charge on any atom is 0.308 e. The monoisotopic (exact) mass is 903 g/mol. The van der Waals surface area contributed by atoms with Gasteiger partial charge in [-0.3, -0.25) is 33.7 Å². The molecule has 0 saturated carbocycles. The molecule has 1 fully saturated rings. The van der Waals surface area contributed by atoms with Crippen LogP contribution >= 0.6 is 23.1 Å². The Morgan fingerprint density at radius 1 is 1.02 bits per heavy atom. The second kappa shape index (κ2) is 26.4. The number of phenols is 1. The number of rotatable bonds is 25. The molecular weight excluding hydrogens is 835 g/mol. The largest absolute Gasteiger partial charge is 0.508 e. The Bertz CT molecular complexity index is 1760. The van der Waals surface area contributed by atoms with Crippen LogP contribution < -0.4 is 10.6 Å². The summed E-state index contributed by atoms with van der Waals surface area (Å²) in [5.74, 6) is -2.87. The zero-order valence-corrected chi connectivity index (χ0v) is 39.6. The van der Waals surface area contributed by atoms with Crippen LogP contribution in [0.4, 0.5) is 0 Å². The van der Waals surface area contributed by atoms with Crippen LogP contribution in [0.15, 0.2) is 29.6 Å². The first kappa shape index (κ1) is 52.1. The van der Waals surface area contributed by atoms with Gasteiger partial charge in [0.15, 0.2) is 12.8 Å². The number of hydrogen-bond acceptors (Lipinski definition) is 14. The van der Waals surface area contributed by atoms with Gasteiger partial charge in [0.1, 0.15) is 29.1 Å². The number of thiazole rings is 1. The highest BCUT2D eigenvalue weighted by molar-refractivity contribution is 7.98. The lowest BCUT2D eigenvalue weighted by atomic mass is 9.92. The zero-order chi connectivity index (χ0) is 45.9.